The number of benzene rings is 2. The van der Waals surface area contributed by atoms with Gasteiger partial charge in [0.15, 0.2) is 0 Å². The van der Waals surface area contributed by atoms with Crippen LogP contribution in [-0.4, -0.2) is 45.1 Å². The molecule has 8 heteroatoms. The highest BCUT2D eigenvalue weighted by atomic mass is 19.1. The Balaban J connectivity index is 1.69. The van der Waals surface area contributed by atoms with Crippen LogP contribution in [0.4, 0.5) is 10.1 Å². The highest BCUT2D eigenvalue weighted by molar-refractivity contribution is 5.97. The summed E-state index contributed by atoms with van der Waals surface area (Å²) in [7, 11) is 1.50. The second-order valence-electron chi connectivity index (χ2n) is 5.95. The first-order valence-electron chi connectivity index (χ1n) is 8.24. The van der Waals surface area contributed by atoms with Gasteiger partial charge in [-0.15, -0.1) is 5.10 Å². The quantitative estimate of drug-likeness (QED) is 0.751. The smallest absolute Gasteiger partial charge is 0.293 e. The van der Waals surface area contributed by atoms with Crippen molar-refractivity contribution in [2.75, 3.05) is 18.9 Å². The Labute approximate surface area is 155 Å². The maximum absolute atomic E-state index is 13.1. The molecule has 0 fully saturated rings. The van der Waals surface area contributed by atoms with Crippen LogP contribution in [0.3, 0.4) is 0 Å². The number of anilines is 1. The zero-order chi connectivity index (χ0) is 19.4. The largest absolute Gasteiger partial charge is 0.330 e. The first kappa shape index (κ1) is 18.2. The summed E-state index contributed by atoms with van der Waals surface area (Å²) in [6.45, 7) is 1.55. The molecule has 1 aromatic heterocycles. The molecule has 138 valence electrons. The van der Waals surface area contributed by atoms with E-state index in [2.05, 4.69) is 15.4 Å². The molecule has 2 amide bonds. The van der Waals surface area contributed by atoms with Gasteiger partial charge in [0.2, 0.25) is 11.7 Å². The minimum atomic E-state index is -0.484. The van der Waals surface area contributed by atoms with Gasteiger partial charge in [-0.05, 0) is 43.3 Å². The van der Waals surface area contributed by atoms with Crippen molar-refractivity contribution >= 4 is 17.5 Å². The molecule has 0 unspecified atom stereocenters. The molecule has 0 aliphatic heterocycles. The number of aryl methyl sites for hydroxylation is 1. The lowest BCUT2D eigenvalue weighted by atomic mass is 10.3. The lowest BCUT2D eigenvalue weighted by molar-refractivity contribution is -0.116. The number of hydrogen-bond acceptors (Lipinski definition) is 4. The van der Waals surface area contributed by atoms with Crippen LogP contribution in [-0.2, 0) is 4.79 Å². The average molecular weight is 367 g/mol. The minimum Gasteiger partial charge on any atom is -0.330 e. The number of aromatic nitrogens is 3. The highest BCUT2D eigenvalue weighted by Crippen LogP contribution is 2.11. The van der Waals surface area contributed by atoms with Crippen LogP contribution in [0.15, 0.2) is 54.6 Å². The molecule has 0 aliphatic rings. The summed E-state index contributed by atoms with van der Waals surface area (Å²) < 4.78 is 14.5. The third-order valence-electron chi connectivity index (χ3n) is 3.82. The van der Waals surface area contributed by atoms with E-state index in [1.807, 2.05) is 6.07 Å². The van der Waals surface area contributed by atoms with Gasteiger partial charge in [-0.1, -0.05) is 18.2 Å². The third-order valence-corrected chi connectivity index (χ3v) is 3.82. The number of likely N-dealkylation sites (N-methyl/N-ethyl adjacent to an activating group) is 1. The van der Waals surface area contributed by atoms with Gasteiger partial charge in [-0.3, -0.25) is 9.59 Å². The minimum absolute atomic E-state index is 0.0353. The normalized spacial score (nSPS) is 10.5. The maximum atomic E-state index is 13.1. The number of hydrogen-bond donors (Lipinski definition) is 1. The molecule has 7 nitrogen and oxygen atoms in total. The van der Waals surface area contributed by atoms with Gasteiger partial charge in [-0.2, -0.15) is 0 Å². The molecular weight excluding hydrogens is 349 g/mol. The molecule has 0 radical (unpaired) electrons. The van der Waals surface area contributed by atoms with Gasteiger partial charge in [0.05, 0.1) is 12.2 Å². The molecule has 0 spiro atoms. The molecule has 0 bridgehead atoms. The molecule has 27 heavy (non-hydrogen) atoms. The van der Waals surface area contributed by atoms with E-state index in [1.54, 1.807) is 43.3 Å². The standard InChI is InChI=1S/C19H18FN5O2/c1-13-21-18(23-25(13)16-10-8-14(20)9-11-16)19(27)24(2)12-17(26)22-15-6-4-3-5-7-15/h3-11H,12H2,1-2H3,(H,22,26). The van der Waals surface area contributed by atoms with Crippen molar-refractivity contribution in [2.24, 2.45) is 0 Å². The van der Waals surface area contributed by atoms with E-state index in [0.29, 0.717) is 17.2 Å². The Hall–Kier alpha value is -3.55. The maximum Gasteiger partial charge on any atom is 0.293 e. The summed E-state index contributed by atoms with van der Waals surface area (Å²) in [5.74, 6) is -0.732. The number of carbonyl (C=O) groups excluding carboxylic acids is 2. The zero-order valence-corrected chi connectivity index (χ0v) is 14.9. The summed E-state index contributed by atoms with van der Waals surface area (Å²) in [5.41, 5.74) is 1.24. The Morgan fingerprint density at radius 3 is 2.44 bits per heavy atom. The van der Waals surface area contributed by atoms with Crippen molar-refractivity contribution in [3.63, 3.8) is 0 Å². The van der Waals surface area contributed by atoms with E-state index in [9.17, 15) is 14.0 Å². The van der Waals surface area contributed by atoms with Gasteiger partial charge < -0.3 is 10.2 Å². The predicted octanol–water partition coefficient (Wildman–Crippen LogP) is 2.43. The fraction of sp³-hybridized carbons (Fsp3) is 0.158. The van der Waals surface area contributed by atoms with Gasteiger partial charge in [0, 0.05) is 12.7 Å². The molecule has 0 saturated heterocycles. The topological polar surface area (TPSA) is 80.1 Å². The lowest BCUT2D eigenvalue weighted by Crippen LogP contribution is -2.35. The van der Waals surface area contributed by atoms with Crippen LogP contribution >= 0.6 is 0 Å². The zero-order valence-electron chi connectivity index (χ0n) is 14.9. The third kappa shape index (κ3) is 4.35. The van der Waals surface area contributed by atoms with Crippen LogP contribution < -0.4 is 5.32 Å². The monoisotopic (exact) mass is 367 g/mol. The van der Waals surface area contributed by atoms with Crippen molar-refractivity contribution in [1.82, 2.24) is 19.7 Å². The summed E-state index contributed by atoms with van der Waals surface area (Å²) in [5, 5.41) is 6.89. The predicted molar refractivity (Wildman–Crippen MR) is 98.1 cm³/mol. The number of nitrogens with zero attached hydrogens (tertiary/aromatic N) is 4. The number of para-hydroxylation sites is 1. The van der Waals surface area contributed by atoms with Gasteiger partial charge in [0.25, 0.3) is 5.91 Å². The van der Waals surface area contributed by atoms with Gasteiger partial charge in [0.1, 0.15) is 11.6 Å². The summed E-state index contributed by atoms with van der Waals surface area (Å²) >= 11 is 0. The van der Waals surface area contributed by atoms with Crippen molar-refractivity contribution in [3.8, 4) is 5.69 Å². The van der Waals surface area contributed by atoms with E-state index in [1.165, 1.54) is 28.8 Å². The SMILES string of the molecule is Cc1nc(C(=O)N(C)CC(=O)Nc2ccccc2)nn1-c1ccc(F)cc1. The van der Waals surface area contributed by atoms with Gasteiger partial charge >= 0.3 is 0 Å². The van der Waals surface area contributed by atoms with Crippen LogP contribution in [0.5, 0.6) is 0 Å². The Morgan fingerprint density at radius 1 is 1.11 bits per heavy atom. The van der Waals surface area contributed by atoms with Crippen LogP contribution in [0.25, 0.3) is 5.69 Å². The Kier molecular flexibility index (Phi) is 5.25. The average Bonchev–Trinajstić information content (AvgIpc) is 3.04. The Morgan fingerprint density at radius 2 is 1.78 bits per heavy atom. The van der Waals surface area contributed by atoms with Crippen LogP contribution in [0.1, 0.15) is 16.4 Å². The highest BCUT2D eigenvalue weighted by Gasteiger charge is 2.21. The van der Waals surface area contributed by atoms with Crippen molar-refractivity contribution in [2.45, 2.75) is 6.92 Å². The number of halogens is 1. The molecule has 3 rings (SSSR count). The van der Waals surface area contributed by atoms with Crippen LogP contribution in [0, 0.1) is 12.7 Å². The number of nitrogens with one attached hydrogen (secondary N) is 1. The van der Waals surface area contributed by atoms with Crippen LogP contribution in [0.2, 0.25) is 0 Å². The molecule has 0 aliphatic carbocycles. The summed E-state index contributed by atoms with van der Waals surface area (Å²) in [4.78, 5) is 30.0. The molecule has 0 saturated carbocycles. The van der Waals surface area contributed by atoms with Gasteiger partial charge in [-0.25, -0.2) is 14.1 Å². The fourth-order valence-electron chi connectivity index (χ4n) is 2.49. The lowest BCUT2D eigenvalue weighted by Gasteiger charge is -2.14. The number of carbonyl (C=O) groups is 2. The van der Waals surface area contributed by atoms with E-state index in [0.717, 1.165) is 0 Å². The summed E-state index contributed by atoms with van der Waals surface area (Å²) in [6.07, 6.45) is 0. The van der Waals surface area contributed by atoms with Crippen molar-refractivity contribution in [3.05, 3.63) is 72.1 Å². The second kappa shape index (κ2) is 7.77. The summed E-state index contributed by atoms with van der Waals surface area (Å²) in [6, 6.07) is 14.7. The number of rotatable bonds is 5. The van der Waals surface area contributed by atoms with E-state index >= 15 is 0 Å². The molecule has 2 aromatic carbocycles. The van der Waals surface area contributed by atoms with Crippen molar-refractivity contribution < 1.29 is 14.0 Å². The number of amides is 2. The van der Waals surface area contributed by atoms with Crippen molar-refractivity contribution in [1.29, 1.82) is 0 Å². The fourth-order valence-corrected chi connectivity index (χ4v) is 2.49. The van der Waals surface area contributed by atoms with E-state index in [4.69, 9.17) is 0 Å². The molecule has 3 aromatic rings. The van der Waals surface area contributed by atoms with E-state index in [-0.39, 0.29) is 24.1 Å². The molecule has 0 atom stereocenters. The molecule has 1 N–H and O–H groups in total. The molecular formula is C19H18FN5O2. The first-order valence-corrected chi connectivity index (χ1v) is 8.24. The van der Waals surface area contributed by atoms with E-state index < -0.39 is 5.91 Å². The Bertz CT molecular complexity index is 954. The molecule has 1 heterocycles. The second-order valence-corrected chi connectivity index (χ2v) is 5.95. The first-order chi connectivity index (χ1) is 12.9.